The highest BCUT2D eigenvalue weighted by atomic mass is 16.5. The first-order chi connectivity index (χ1) is 17.4. The van der Waals surface area contributed by atoms with E-state index in [1.165, 1.54) is 19.8 Å². The first kappa shape index (κ1) is 28.5. The molecule has 6 nitrogen and oxygen atoms in total. The number of hydrogen-bond acceptors (Lipinski definition) is 6. The van der Waals surface area contributed by atoms with Crippen molar-refractivity contribution in [2.45, 2.75) is 92.6 Å². The topological polar surface area (TPSA) is 87.9 Å². The SMILES string of the molecule is CC(=O)Oc1c(C)c(C)c2c(c1C)C(=O)CC(CCC(C)CCCC(C)C)(COc1ccc(N)cc1)O2. The van der Waals surface area contributed by atoms with Crippen molar-refractivity contribution in [3.8, 4) is 17.2 Å². The minimum absolute atomic E-state index is 0.0105. The number of hydrogen-bond donors (Lipinski definition) is 1. The zero-order valence-electron chi connectivity index (χ0n) is 23.5. The highest BCUT2D eigenvalue weighted by molar-refractivity contribution is 6.03. The number of ether oxygens (including phenoxy) is 3. The average molecular weight is 510 g/mol. The Balaban J connectivity index is 1.91. The molecule has 37 heavy (non-hydrogen) atoms. The lowest BCUT2D eigenvalue weighted by Gasteiger charge is -2.40. The first-order valence-electron chi connectivity index (χ1n) is 13.4. The fourth-order valence-electron chi connectivity index (χ4n) is 5.09. The van der Waals surface area contributed by atoms with E-state index in [9.17, 15) is 9.59 Å². The van der Waals surface area contributed by atoms with E-state index < -0.39 is 11.6 Å². The van der Waals surface area contributed by atoms with Crippen LogP contribution < -0.4 is 19.9 Å². The number of ketones is 1. The van der Waals surface area contributed by atoms with Gasteiger partial charge in [0.15, 0.2) is 11.4 Å². The Morgan fingerprint density at radius 2 is 1.70 bits per heavy atom. The Morgan fingerprint density at radius 3 is 2.32 bits per heavy atom. The third-order valence-electron chi connectivity index (χ3n) is 7.47. The lowest BCUT2D eigenvalue weighted by atomic mass is 9.81. The number of benzene rings is 2. The summed E-state index contributed by atoms with van der Waals surface area (Å²) in [7, 11) is 0. The second-order valence-corrected chi connectivity index (χ2v) is 11.2. The number of nitrogens with two attached hydrogens (primary N) is 1. The van der Waals surface area contributed by atoms with Crippen LogP contribution in [0.5, 0.6) is 17.2 Å². The maximum absolute atomic E-state index is 13.7. The maximum Gasteiger partial charge on any atom is 0.308 e. The van der Waals surface area contributed by atoms with Gasteiger partial charge in [0.05, 0.1) is 12.0 Å². The molecule has 2 aromatic rings. The third kappa shape index (κ3) is 7.06. The normalized spacial score (nSPS) is 17.8. The first-order valence-corrected chi connectivity index (χ1v) is 13.4. The van der Waals surface area contributed by atoms with Gasteiger partial charge in [-0.2, -0.15) is 0 Å². The molecule has 0 bridgehead atoms. The molecule has 0 fully saturated rings. The van der Waals surface area contributed by atoms with Gasteiger partial charge in [0.1, 0.15) is 23.9 Å². The van der Waals surface area contributed by atoms with Crippen LogP contribution in [-0.2, 0) is 4.79 Å². The van der Waals surface area contributed by atoms with Crippen molar-refractivity contribution in [2.24, 2.45) is 11.8 Å². The minimum Gasteiger partial charge on any atom is -0.489 e. The Hall–Kier alpha value is -3.02. The van der Waals surface area contributed by atoms with Crippen molar-refractivity contribution in [1.82, 2.24) is 0 Å². The van der Waals surface area contributed by atoms with Crippen molar-refractivity contribution in [3.63, 3.8) is 0 Å². The summed E-state index contributed by atoms with van der Waals surface area (Å²) in [5.74, 6) is 2.52. The van der Waals surface area contributed by atoms with Gasteiger partial charge >= 0.3 is 5.97 Å². The molecule has 2 unspecified atom stereocenters. The van der Waals surface area contributed by atoms with E-state index in [0.29, 0.717) is 52.3 Å². The number of carbonyl (C=O) groups excluding carboxylic acids is 2. The highest BCUT2D eigenvalue weighted by Crippen LogP contribution is 2.45. The second kappa shape index (κ2) is 12.0. The van der Waals surface area contributed by atoms with E-state index in [1.54, 1.807) is 12.1 Å². The lowest BCUT2D eigenvalue weighted by Crippen LogP contribution is -2.48. The molecule has 2 atom stereocenters. The smallest absolute Gasteiger partial charge is 0.308 e. The third-order valence-corrected chi connectivity index (χ3v) is 7.47. The maximum atomic E-state index is 13.7. The Labute approximate surface area is 221 Å². The monoisotopic (exact) mass is 509 g/mol. The zero-order valence-corrected chi connectivity index (χ0v) is 23.5. The summed E-state index contributed by atoms with van der Waals surface area (Å²) in [5.41, 5.74) is 8.48. The van der Waals surface area contributed by atoms with Gasteiger partial charge < -0.3 is 19.9 Å². The minimum atomic E-state index is -0.787. The summed E-state index contributed by atoms with van der Waals surface area (Å²) in [6, 6.07) is 7.27. The molecule has 0 aliphatic carbocycles. The molecule has 2 aromatic carbocycles. The van der Waals surface area contributed by atoms with Crippen LogP contribution in [-0.4, -0.2) is 24.0 Å². The molecular weight excluding hydrogens is 466 g/mol. The van der Waals surface area contributed by atoms with Crippen LogP contribution in [0.4, 0.5) is 5.69 Å². The van der Waals surface area contributed by atoms with Gasteiger partial charge in [0, 0.05) is 18.2 Å². The van der Waals surface area contributed by atoms with Gasteiger partial charge in [-0.25, -0.2) is 0 Å². The van der Waals surface area contributed by atoms with Gasteiger partial charge in [0.2, 0.25) is 0 Å². The number of esters is 1. The fourth-order valence-corrected chi connectivity index (χ4v) is 5.09. The van der Waals surface area contributed by atoms with E-state index in [-0.39, 0.29) is 18.8 Å². The summed E-state index contributed by atoms with van der Waals surface area (Å²) < 4.78 is 18.4. The van der Waals surface area contributed by atoms with Crippen LogP contribution in [0, 0.1) is 32.6 Å². The molecule has 1 heterocycles. The zero-order chi connectivity index (χ0) is 27.3. The average Bonchev–Trinajstić information content (AvgIpc) is 2.83. The summed E-state index contributed by atoms with van der Waals surface area (Å²) in [6.45, 7) is 14.0. The number of rotatable bonds is 11. The van der Waals surface area contributed by atoms with Crippen LogP contribution >= 0.6 is 0 Å². The van der Waals surface area contributed by atoms with Crippen molar-refractivity contribution in [1.29, 1.82) is 0 Å². The number of Topliss-reactive ketones (excluding diaryl/α,β-unsaturated/α-hetero) is 1. The molecule has 1 aliphatic rings. The fraction of sp³-hybridized carbons (Fsp3) is 0.548. The summed E-state index contributed by atoms with van der Waals surface area (Å²) >= 11 is 0. The molecule has 0 radical (unpaired) electrons. The Kier molecular flexibility index (Phi) is 9.27. The van der Waals surface area contributed by atoms with E-state index >= 15 is 0 Å². The van der Waals surface area contributed by atoms with E-state index in [1.807, 2.05) is 32.9 Å². The van der Waals surface area contributed by atoms with Gasteiger partial charge in [-0.3, -0.25) is 9.59 Å². The van der Waals surface area contributed by atoms with Gasteiger partial charge in [-0.1, -0.05) is 40.0 Å². The van der Waals surface area contributed by atoms with Crippen LogP contribution in [0.25, 0.3) is 0 Å². The largest absolute Gasteiger partial charge is 0.489 e. The molecule has 202 valence electrons. The van der Waals surface area contributed by atoms with Gasteiger partial charge in [-0.05, 0) is 80.8 Å². The predicted octanol–water partition coefficient (Wildman–Crippen LogP) is 7.14. The van der Waals surface area contributed by atoms with Gasteiger partial charge in [0.25, 0.3) is 0 Å². The van der Waals surface area contributed by atoms with E-state index in [0.717, 1.165) is 24.0 Å². The summed E-state index contributed by atoms with van der Waals surface area (Å²) in [4.78, 5) is 25.4. The number of carbonyl (C=O) groups is 2. The lowest BCUT2D eigenvalue weighted by molar-refractivity contribution is -0.132. The van der Waals surface area contributed by atoms with Gasteiger partial charge in [-0.15, -0.1) is 0 Å². The molecule has 0 saturated heterocycles. The molecule has 6 heteroatoms. The molecule has 0 amide bonds. The highest BCUT2D eigenvalue weighted by Gasteiger charge is 2.44. The number of anilines is 1. The van der Waals surface area contributed by atoms with Crippen LogP contribution in [0.1, 0.15) is 93.3 Å². The molecule has 2 N–H and O–H groups in total. The summed E-state index contributed by atoms with van der Waals surface area (Å²) in [5, 5.41) is 0. The van der Waals surface area contributed by atoms with Crippen molar-refractivity contribution >= 4 is 17.4 Å². The molecule has 3 rings (SSSR count). The molecule has 1 aliphatic heterocycles. The summed E-state index contributed by atoms with van der Waals surface area (Å²) in [6.07, 6.45) is 5.43. The Morgan fingerprint density at radius 1 is 1.03 bits per heavy atom. The molecule has 0 spiro atoms. The standard InChI is InChI=1S/C31H43NO5/c1-19(2)9-8-10-20(3)15-16-31(18-35-26-13-11-25(32)12-14-26)17-27(34)28-23(6)29(36-24(7)33)21(4)22(5)30(28)37-31/h11-14,19-20H,8-10,15-18,32H2,1-7H3. The molecule has 0 saturated carbocycles. The van der Waals surface area contributed by atoms with Crippen LogP contribution in [0.15, 0.2) is 24.3 Å². The second-order valence-electron chi connectivity index (χ2n) is 11.2. The molecular formula is C31H43NO5. The van der Waals surface area contributed by atoms with Crippen LogP contribution in [0.2, 0.25) is 0 Å². The van der Waals surface area contributed by atoms with E-state index in [4.69, 9.17) is 19.9 Å². The van der Waals surface area contributed by atoms with Crippen LogP contribution in [0.3, 0.4) is 0 Å². The van der Waals surface area contributed by atoms with E-state index in [2.05, 4.69) is 20.8 Å². The van der Waals surface area contributed by atoms with Crippen molar-refractivity contribution < 1.29 is 23.8 Å². The van der Waals surface area contributed by atoms with Crippen molar-refractivity contribution in [2.75, 3.05) is 12.3 Å². The quantitative estimate of drug-likeness (QED) is 0.197. The predicted molar refractivity (Wildman–Crippen MR) is 148 cm³/mol. The Bertz CT molecular complexity index is 1120. The number of nitrogen functional groups attached to an aromatic ring is 1. The number of fused-ring (bicyclic) bond motifs is 1. The molecule has 0 aromatic heterocycles. The van der Waals surface area contributed by atoms with Crippen molar-refractivity contribution in [3.05, 3.63) is 46.5 Å².